The van der Waals surface area contributed by atoms with E-state index in [0.717, 1.165) is 36.7 Å². The van der Waals surface area contributed by atoms with Crippen LogP contribution in [0.5, 0.6) is 0 Å². The molecule has 0 unspecified atom stereocenters. The summed E-state index contributed by atoms with van der Waals surface area (Å²) in [6.45, 7) is 2.71. The monoisotopic (exact) mass is 337 g/mol. The molecule has 8 nitrogen and oxygen atoms in total. The maximum Gasteiger partial charge on any atom is 0.319 e. The fraction of sp³-hybridized carbons (Fsp3) is 0.294. The summed E-state index contributed by atoms with van der Waals surface area (Å²) in [6.07, 6.45) is 5.40. The van der Waals surface area contributed by atoms with Crippen molar-refractivity contribution in [2.75, 3.05) is 5.32 Å². The van der Waals surface area contributed by atoms with Crippen molar-refractivity contribution in [2.24, 2.45) is 0 Å². The molecule has 0 saturated carbocycles. The van der Waals surface area contributed by atoms with E-state index in [-0.39, 0.29) is 12.1 Å². The molecule has 0 fully saturated rings. The van der Waals surface area contributed by atoms with E-state index < -0.39 is 0 Å². The van der Waals surface area contributed by atoms with Gasteiger partial charge in [0.15, 0.2) is 0 Å². The van der Waals surface area contributed by atoms with E-state index in [9.17, 15) is 4.79 Å². The number of nitrogens with one attached hydrogen (secondary N) is 2. The lowest BCUT2D eigenvalue weighted by Crippen LogP contribution is -2.36. The Morgan fingerprint density at radius 2 is 2.24 bits per heavy atom. The quantitative estimate of drug-likeness (QED) is 0.768. The highest BCUT2D eigenvalue weighted by molar-refractivity contribution is 5.89. The Hall–Kier alpha value is -3.16. The number of carbonyl (C=O) groups is 1. The van der Waals surface area contributed by atoms with E-state index in [1.165, 1.54) is 0 Å². The van der Waals surface area contributed by atoms with Gasteiger partial charge in [0, 0.05) is 24.6 Å². The number of benzene rings is 1. The second kappa shape index (κ2) is 6.39. The number of fused-ring (bicyclic) bond motifs is 1. The van der Waals surface area contributed by atoms with Crippen LogP contribution in [0.25, 0.3) is 5.69 Å². The zero-order valence-electron chi connectivity index (χ0n) is 13.9. The van der Waals surface area contributed by atoms with Gasteiger partial charge in [-0.1, -0.05) is 6.07 Å². The van der Waals surface area contributed by atoms with Gasteiger partial charge in [0.25, 0.3) is 0 Å². The first-order valence-corrected chi connectivity index (χ1v) is 8.28. The normalized spacial score (nSPS) is 16.3. The van der Waals surface area contributed by atoms with Crippen LogP contribution in [0.4, 0.5) is 10.5 Å². The number of aromatic nitrogens is 5. The first-order valence-electron chi connectivity index (χ1n) is 8.28. The molecule has 0 aliphatic carbocycles. The summed E-state index contributed by atoms with van der Waals surface area (Å²) in [6, 6.07) is 9.02. The molecule has 1 aliphatic heterocycles. The van der Waals surface area contributed by atoms with E-state index in [4.69, 9.17) is 0 Å². The minimum atomic E-state index is -0.253. The first kappa shape index (κ1) is 15.4. The molecule has 1 aliphatic rings. The van der Waals surface area contributed by atoms with Gasteiger partial charge in [-0.15, -0.1) is 0 Å². The van der Waals surface area contributed by atoms with Crippen molar-refractivity contribution in [3.05, 3.63) is 54.4 Å². The predicted molar refractivity (Wildman–Crippen MR) is 92.5 cm³/mol. The molecule has 3 heterocycles. The maximum absolute atomic E-state index is 12.4. The zero-order valence-corrected chi connectivity index (χ0v) is 13.9. The average Bonchev–Trinajstić information content (AvgIpc) is 3.24. The molecule has 2 N–H and O–H groups in total. The van der Waals surface area contributed by atoms with Crippen molar-refractivity contribution in [3.63, 3.8) is 0 Å². The topological polar surface area (TPSA) is 89.7 Å². The van der Waals surface area contributed by atoms with E-state index in [1.807, 2.05) is 48.1 Å². The van der Waals surface area contributed by atoms with Gasteiger partial charge in [0.2, 0.25) is 0 Å². The molecule has 2 aromatic heterocycles. The average molecular weight is 337 g/mol. The van der Waals surface area contributed by atoms with Crippen molar-refractivity contribution in [1.82, 2.24) is 29.9 Å². The molecule has 2 amide bonds. The van der Waals surface area contributed by atoms with Crippen LogP contribution in [0.1, 0.15) is 30.5 Å². The van der Waals surface area contributed by atoms with Gasteiger partial charge in [0.1, 0.15) is 11.6 Å². The first-order chi connectivity index (χ1) is 12.2. The summed E-state index contributed by atoms with van der Waals surface area (Å²) in [5.74, 6) is 1.56. The molecule has 0 bridgehead atoms. The Bertz CT molecular complexity index is 884. The van der Waals surface area contributed by atoms with E-state index in [0.29, 0.717) is 5.69 Å². The van der Waals surface area contributed by atoms with Gasteiger partial charge < -0.3 is 10.6 Å². The number of anilines is 1. The van der Waals surface area contributed by atoms with Crippen LogP contribution in [-0.4, -0.2) is 30.6 Å². The highest BCUT2D eigenvalue weighted by Gasteiger charge is 2.25. The van der Waals surface area contributed by atoms with Crippen LogP contribution in [0.2, 0.25) is 0 Å². The second-order valence-corrected chi connectivity index (χ2v) is 6.03. The highest BCUT2D eigenvalue weighted by Crippen LogP contribution is 2.23. The lowest BCUT2D eigenvalue weighted by molar-refractivity contribution is 0.244. The Balaban J connectivity index is 1.46. The maximum atomic E-state index is 12.4. The molecule has 4 rings (SSSR count). The van der Waals surface area contributed by atoms with Crippen LogP contribution >= 0.6 is 0 Å². The number of aryl methyl sites for hydroxylation is 2. The van der Waals surface area contributed by atoms with Gasteiger partial charge in [-0.05, 0) is 44.0 Å². The van der Waals surface area contributed by atoms with Crippen LogP contribution < -0.4 is 10.6 Å². The van der Waals surface area contributed by atoms with Crippen molar-refractivity contribution in [3.8, 4) is 5.69 Å². The number of urea groups is 1. The Morgan fingerprint density at radius 3 is 3.08 bits per heavy atom. The van der Waals surface area contributed by atoms with Gasteiger partial charge in [-0.3, -0.25) is 0 Å². The van der Waals surface area contributed by atoms with Gasteiger partial charge in [0.05, 0.1) is 11.7 Å². The van der Waals surface area contributed by atoms with Gasteiger partial charge in [-0.25, -0.2) is 19.1 Å². The van der Waals surface area contributed by atoms with Gasteiger partial charge in [-0.2, -0.15) is 10.2 Å². The van der Waals surface area contributed by atoms with Crippen molar-refractivity contribution in [1.29, 1.82) is 0 Å². The van der Waals surface area contributed by atoms with E-state index >= 15 is 0 Å². The van der Waals surface area contributed by atoms with Crippen molar-refractivity contribution >= 4 is 11.7 Å². The molecular weight excluding hydrogens is 318 g/mol. The molecule has 128 valence electrons. The summed E-state index contributed by atoms with van der Waals surface area (Å²) in [4.78, 5) is 16.8. The molecule has 3 aromatic rings. The fourth-order valence-corrected chi connectivity index (χ4v) is 3.08. The standard InChI is InChI=1S/C17H19N7O/c1-12-19-16-15(7-3-9-24(16)22-12)21-17(25)20-13-5-2-6-14(11-13)23-10-4-8-18-23/h2,4-6,8,10-11,15H,3,7,9H2,1H3,(H2,20,21,25)/t15-/m1/s1. The Labute approximate surface area is 144 Å². The van der Waals surface area contributed by atoms with Crippen molar-refractivity contribution in [2.45, 2.75) is 32.4 Å². The number of hydrogen-bond donors (Lipinski definition) is 2. The zero-order chi connectivity index (χ0) is 17.2. The van der Waals surface area contributed by atoms with Crippen LogP contribution in [-0.2, 0) is 6.54 Å². The van der Waals surface area contributed by atoms with Crippen LogP contribution in [0.3, 0.4) is 0 Å². The summed E-state index contributed by atoms with van der Waals surface area (Å²) < 4.78 is 3.62. The molecule has 0 spiro atoms. The molecule has 8 heteroatoms. The third-order valence-corrected chi connectivity index (χ3v) is 4.16. The number of carbonyl (C=O) groups excluding carboxylic acids is 1. The third-order valence-electron chi connectivity index (χ3n) is 4.16. The lowest BCUT2D eigenvalue weighted by atomic mass is 10.1. The molecular formula is C17H19N7O. The number of rotatable bonds is 3. The summed E-state index contributed by atoms with van der Waals surface area (Å²) >= 11 is 0. The number of hydrogen-bond acceptors (Lipinski definition) is 4. The summed E-state index contributed by atoms with van der Waals surface area (Å²) in [5.41, 5.74) is 1.59. The number of nitrogens with zero attached hydrogens (tertiary/aromatic N) is 5. The predicted octanol–water partition coefficient (Wildman–Crippen LogP) is 2.43. The molecule has 0 saturated heterocycles. The SMILES string of the molecule is Cc1nc2n(n1)CCC[C@H]2NC(=O)Nc1cccc(-n2cccn2)c1. The second-order valence-electron chi connectivity index (χ2n) is 6.03. The van der Waals surface area contributed by atoms with Gasteiger partial charge >= 0.3 is 6.03 Å². The van der Waals surface area contributed by atoms with Crippen LogP contribution in [0, 0.1) is 6.92 Å². The largest absolute Gasteiger partial charge is 0.328 e. The van der Waals surface area contributed by atoms with Crippen LogP contribution in [0.15, 0.2) is 42.7 Å². The smallest absolute Gasteiger partial charge is 0.319 e. The molecule has 1 atom stereocenters. The minimum absolute atomic E-state index is 0.121. The summed E-state index contributed by atoms with van der Waals surface area (Å²) in [7, 11) is 0. The minimum Gasteiger partial charge on any atom is -0.328 e. The molecule has 1 aromatic carbocycles. The lowest BCUT2D eigenvalue weighted by Gasteiger charge is -2.23. The molecule has 0 radical (unpaired) electrons. The summed E-state index contributed by atoms with van der Waals surface area (Å²) in [5, 5.41) is 14.4. The molecule has 25 heavy (non-hydrogen) atoms. The number of amides is 2. The highest BCUT2D eigenvalue weighted by atomic mass is 16.2. The Morgan fingerprint density at radius 1 is 1.32 bits per heavy atom. The van der Waals surface area contributed by atoms with E-state index in [1.54, 1.807) is 10.9 Å². The van der Waals surface area contributed by atoms with Crippen molar-refractivity contribution < 1.29 is 4.79 Å². The third kappa shape index (κ3) is 3.23. The Kier molecular flexibility index (Phi) is 3.93. The fourth-order valence-electron chi connectivity index (χ4n) is 3.08. The van der Waals surface area contributed by atoms with E-state index in [2.05, 4.69) is 25.8 Å².